The number of hydrogen-bond acceptors (Lipinski definition) is 3. The van der Waals surface area contributed by atoms with E-state index in [9.17, 15) is 9.50 Å². The summed E-state index contributed by atoms with van der Waals surface area (Å²) in [7, 11) is 0. The first kappa shape index (κ1) is 18.9. The number of hydrogen-bond donors (Lipinski definition) is 1. The molecule has 3 aromatic heterocycles. The number of rotatable bonds is 4. The zero-order valence-corrected chi connectivity index (χ0v) is 17.4. The van der Waals surface area contributed by atoms with Gasteiger partial charge < -0.3 is 9.51 Å². The Morgan fingerprint density at radius 2 is 1.68 bits per heavy atom. The molecule has 2 aliphatic rings. The summed E-state index contributed by atoms with van der Waals surface area (Å²) in [5.41, 5.74) is 5.02. The maximum atomic E-state index is 14.2. The molecule has 2 aliphatic carbocycles. The fourth-order valence-electron chi connectivity index (χ4n) is 5.57. The van der Waals surface area contributed by atoms with Gasteiger partial charge in [0.05, 0.1) is 29.8 Å². The summed E-state index contributed by atoms with van der Waals surface area (Å²) >= 11 is 0. The van der Waals surface area contributed by atoms with E-state index in [2.05, 4.69) is 26.5 Å². The molecule has 4 aromatic rings. The number of nitrogens with zero attached hydrogens (tertiary/aromatic N) is 3. The number of fused-ring (bicyclic) bond motifs is 2. The van der Waals surface area contributed by atoms with Crippen LogP contribution in [0.25, 0.3) is 16.4 Å². The van der Waals surface area contributed by atoms with Gasteiger partial charge in [-0.3, -0.25) is 4.98 Å². The quantitative estimate of drug-likeness (QED) is 0.451. The first-order chi connectivity index (χ1) is 15.2. The van der Waals surface area contributed by atoms with Gasteiger partial charge in [-0.05, 0) is 85.6 Å². The lowest BCUT2D eigenvalue weighted by Gasteiger charge is -2.33. The van der Waals surface area contributed by atoms with Gasteiger partial charge in [0.15, 0.2) is 0 Å². The summed E-state index contributed by atoms with van der Waals surface area (Å²) in [5.74, 6) is 0.921. The van der Waals surface area contributed by atoms with Gasteiger partial charge in [-0.25, -0.2) is 9.37 Å². The van der Waals surface area contributed by atoms with E-state index in [0.717, 1.165) is 42.3 Å². The van der Waals surface area contributed by atoms with E-state index in [1.165, 1.54) is 24.0 Å². The van der Waals surface area contributed by atoms with E-state index in [4.69, 9.17) is 0 Å². The second-order valence-electron chi connectivity index (χ2n) is 9.23. The second kappa shape index (κ2) is 7.41. The molecule has 0 bridgehead atoms. The van der Waals surface area contributed by atoms with Gasteiger partial charge in [0.1, 0.15) is 11.3 Å². The predicted octanol–water partition coefficient (Wildman–Crippen LogP) is 5.91. The SMILES string of the molecule is O[C@@H](c1c(C2CC2)ccc2cncn12)C1CCC(c2ccc(F)c3ncccc23)CC1. The molecule has 6 rings (SSSR count). The van der Waals surface area contributed by atoms with Crippen molar-refractivity contribution < 1.29 is 9.50 Å². The van der Waals surface area contributed by atoms with E-state index in [1.807, 2.05) is 30.7 Å². The number of aliphatic hydroxyl groups is 1. The predicted molar refractivity (Wildman–Crippen MR) is 119 cm³/mol. The van der Waals surface area contributed by atoms with Crippen molar-refractivity contribution in [2.45, 2.75) is 56.5 Å². The van der Waals surface area contributed by atoms with Gasteiger partial charge in [-0.15, -0.1) is 0 Å². The van der Waals surface area contributed by atoms with Crippen molar-refractivity contribution >= 4 is 16.4 Å². The van der Waals surface area contributed by atoms with Crippen molar-refractivity contribution in [1.82, 2.24) is 14.4 Å². The Labute approximate surface area is 180 Å². The molecule has 3 heterocycles. The Hall–Kier alpha value is -2.79. The largest absolute Gasteiger partial charge is 0.387 e. The van der Waals surface area contributed by atoms with E-state index >= 15 is 0 Å². The van der Waals surface area contributed by atoms with Crippen molar-refractivity contribution in [2.75, 3.05) is 0 Å². The van der Waals surface area contributed by atoms with Crippen LogP contribution in [0.3, 0.4) is 0 Å². The summed E-state index contributed by atoms with van der Waals surface area (Å²) in [6, 6.07) is 11.6. The van der Waals surface area contributed by atoms with Gasteiger partial charge in [0, 0.05) is 11.6 Å². The van der Waals surface area contributed by atoms with Crippen LogP contribution >= 0.6 is 0 Å². The molecule has 1 atom stereocenters. The van der Waals surface area contributed by atoms with E-state index in [1.54, 1.807) is 12.3 Å². The van der Waals surface area contributed by atoms with Gasteiger partial charge in [0.2, 0.25) is 0 Å². The fourth-order valence-corrected chi connectivity index (χ4v) is 5.57. The highest BCUT2D eigenvalue weighted by atomic mass is 19.1. The van der Waals surface area contributed by atoms with Crippen LogP contribution in [0.5, 0.6) is 0 Å². The molecule has 1 aromatic carbocycles. The molecule has 0 saturated heterocycles. The van der Waals surface area contributed by atoms with Crippen LogP contribution in [-0.2, 0) is 0 Å². The fraction of sp³-hybridized carbons (Fsp3) is 0.385. The number of aliphatic hydroxyl groups excluding tert-OH is 1. The summed E-state index contributed by atoms with van der Waals surface area (Å²) in [5, 5.41) is 12.4. The monoisotopic (exact) mass is 415 g/mol. The summed E-state index contributed by atoms with van der Waals surface area (Å²) in [6.45, 7) is 0. The molecule has 0 unspecified atom stereocenters. The molecule has 0 radical (unpaired) electrons. The van der Waals surface area contributed by atoms with Gasteiger partial charge in [0.25, 0.3) is 0 Å². The zero-order chi connectivity index (χ0) is 20.9. The lowest BCUT2D eigenvalue weighted by molar-refractivity contribution is 0.0755. The highest BCUT2D eigenvalue weighted by Gasteiger charge is 2.34. The molecule has 1 N–H and O–H groups in total. The Morgan fingerprint density at radius 3 is 2.48 bits per heavy atom. The van der Waals surface area contributed by atoms with Crippen LogP contribution in [0, 0.1) is 11.7 Å². The maximum Gasteiger partial charge on any atom is 0.149 e. The minimum absolute atomic E-state index is 0.228. The summed E-state index contributed by atoms with van der Waals surface area (Å²) < 4.78 is 16.3. The Balaban J connectivity index is 1.27. The molecule has 2 fully saturated rings. The Bertz CT molecular complexity index is 1250. The Morgan fingerprint density at radius 1 is 0.935 bits per heavy atom. The van der Waals surface area contributed by atoms with Crippen LogP contribution in [0.1, 0.15) is 73.3 Å². The van der Waals surface area contributed by atoms with Crippen LogP contribution < -0.4 is 0 Å². The average molecular weight is 416 g/mol. The molecule has 0 amide bonds. The van der Waals surface area contributed by atoms with Crippen molar-refractivity contribution in [2.24, 2.45) is 5.92 Å². The third-order valence-corrected chi connectivity index (χ3v) is 7.37. The van der Waals surface area contributed by atoms with E-state index in [-0.39, 0.29) is 11.7 Å². The number of imidazole rings is 1. The summed E-state index contributed by atoms with van der Waals surface area (Å²) in [6.07, 6.45) is 11.2. The van der Waals surface area contributed by atoms with Gasteiger partial charge in [-0.2, -0.15) is 0 Å². The maximum absolute atomic E-state index is 14.2. The van der Waals surface area contributed by atoms with Crippen molar-refractivity contribution in [3.8, 4) is 0 Å². The van der Waals surface area contributed by atoms with Gasteiger partial charge >= 0.3 is 0 Å². The minimum Gasteiger partial charge on any atom is -0.387 e. The first-order valence-corrected chi connectivity index (χ1v) is 11.4. The summed E-state index contributed by atoms with van der Waals surface area (Å²) in [4.78, 5) is 8.56. The standard InChI is InChI=1S/C26H26FN3O/c27-23-12-11-20(22-2-1-13-29-24(22)23)16-5-7-18(8-6-16)26(31)25-21(17-3-4-17)10-9-19-14-28-15-30(19)25/h1-2,9-18,26,31H,3-8H2/t16?,18?,26-/m1/s1. The molecule has 0 spiro atoms. The van der Waals surface area contributed by atoms with Crippen LogP contribution in [0.4, 0.5) is 4.39 Å². The second-order valence-corrected chi connectivity index (χ2v) is 9.23. The molecule has 0 aliphatic heterocycles. The first-order valence-electron chi connectivity index (χ1n) is 11.4. The van der Waals surface area contributed by atoms with Gasteiger partial charge in [-0.1, -0.05) is 18.2 Å². The highest BCUT2D eigenvalue weighted by molar-refractivity contribution is 5.83. The van der Waals surface area contributed by atoms with E-state index < -0.39 is 6.10 Å². The lowest BCUT2D eigenvalue weighted by Crippen LogP contribution is -2.22. The molecule has 5 heteroatoms. The number of halogens is 1. The molecular weight excluding hydrogens is 389 g/mol. The normalized spacial score (nSPS) is 22.8. The van der Waals surface area contributed by atoms with Crippen LogP contribution in [0.15, 0.2) is 55.1 Å². The molecule has 4 nitrogen and oxygen atoms in total. The molecule has 158 valence electrons. The van der Waals surface area contributed by atoms with Crippen LogP contribution in [0.2, 0.25) is 0 Å². The van der Waals surface area contributed by atoms with Crippen molar-refractivity contribution in [3.63, 3.8) is 0 Å². The highest BCUT2D eigenvalue weighted by Crippen LogP contribution is 2.47. The molecule has 2 saturated carbocycles. The molecular formula is C26H26FN3O. The third kappa shape index (κ3) is 3.23. The smallest absolute Gasteiger partial charge is 0.149 e. The molecule has 31 heavy (non-hydrogen) atoms. The zero-order valence-electron chi connectivity index (χ0n) is 17.4. The average Bonchev–Trinajstić information content (AvgIpc) is 3.55. The van der Waals surface area contributed by atoms with E-state index in [0.29, 0.717) is 17.4 Å². The number of benzene rings is 1. The van der Waals surface area contributed by atoms with Crippen molar-refractivity contribution in [3.05, 3.63) is 77.8 Å². The van der Waals surface area contributed by atoms with Crippen LogP contribution in [-0.4, -0.2) is 19.5 Å². The number of aromatic nitrogens is 3. The third-order valence-electron chi connectivity index (χ3n) is 7.37. The number of pyridine rings is 2. The minimum atomic E-state index is -0.485. The topological polar surface area (TPSA) is 50.4 Å². The Kier molecular flexibility index (Phi) is 4.53. The lowest BCUT2D eigenvalue weighted by atomic mass is 9.75. The van der Waals surface area contributed by atoms with Crippen molar-refractivity contribution in [1.29, 1.82) is 0 Å².